The van der Waals surface area contributed by atoms with E-state index in [4.69, 9.17) is 0 Å². The number of nitrogens with one attached hydrogen (secondary N) is 1. The Morgan fingerprint density at radius 3 is 3.07 bits per heavy atom. The van der Waals surface area contributed by atoms with E-state index in [0.717, 1.165) is 30.4 Å². The normalized spacial score (nSPS) is 21.3. The average molecular weight is 205 g/mol. The molecule has 1 aliphatic heterocycles. The van der Waals surface area contributed by atoms with E-state index < -0.39 is 6.10 Å². The zero-order valence-electron chi connectivity index (χ0n) is 8.73. The van der Waals surface area contributed by atoms with Crippen molar-refractivity contribution in [2.45, 2.75) is 31.9 Å². The molecule has 0 spiro atoms. The molecule has 2 rings (SSSR count). The number of carbonyl (C=O) groups is 1. The molecule has 0 saturated carbocycles. The van der Waals surface area contributed by atoms with E-state index in [2.05, 4.69) is 5.32 Å². The van der Waals surface area contributed by atoms with Gasteiger partial charge < -0.3 is 15.2 Å². The minimum absolute atomic E-state index is 0.0817. The summed E-state index contributed by atoms with van der Waals surface area (Å²) in [5.41, 5.74) is 3.09. The van der Waals surface area contributed by atoms with Gasteiger partial charge in [0.15, 0.2) is 0 Å². The molecule has 3 heteroatoms. The molecule has 1 aromatic carbocycles. The molecule has 1 aromatic rings. The molecule has 0 saturated heterocycles. The molecule has 80 valence electrons. The Hall–Kier alpha value is -1.35. The summed E-state index contributed by atoms with van der Waals surface area (Å²) < 4.78 is 0. The van der Waals surface area contributed by atoms with Gasteiger partial charge in [0.2, 0.25) is 0 Å². The molecule has 2 atom stereocenters. The summed E-state index contributed by atoms with van der Waals surface area (Å²) in [6.07, 6.45) is 2.25. The second kappa shape index (κ2) is 4.03. The zero-order chi connectivity index (χ0) is 10.8. The van der Waals surface area contributed by atoms with Crippen LogP contribution in [0.25, 0.3) is 0 Å². The second-order valence-corrected chi connectivity index (χ2v) is 4.02. The maximum atomic E-state index is 10.7. The molecule has 0 bridgehead atoms. The molecule has 0 radical (unpaired) electrons. The van der Waals surface area contributed by atoms with Crippen molar-refractivity contribution < 1.29 is 9.90 Å². The monoisotopic (exact) mass is 205 g/mol. The van der Waals surface area contributed by atoms with E-state index in [-0.39, 0.29) is 6.04 Å². The Balaban J connectivity index is 2.30. The summed E-state index contributed by atoms with van der Waals surface area (Å²) >= 11 is 0. The number of rotatable bonds is 2. The largest absolute Gasteiger partial charge is 0.389 e. The minimum Gasteiger partial charge on any atom is -0.389 e. The summed E-state index contributed by atoms with van der Waals surface area (Å²) in [4.78, 5) is 10.7. The molecule has 1 heterocycles. The second-order valence-electron chi connectivity index (χ2n) is 4.02. The van der Waals surface area contributed by atoms with Gasteiger partial charge in [0.1, 0.15) is 6.29 Å². The first-order valence-electron chi connectivity index (χ1n) is 5.23. The van der Waals surface area contributed by atoms with E-state index in [1.807, 2.05) is 18.2 Å². The van der Waals surface area contributed by atoms with Crippen molar-refractivity contribution in [3.05, 3.63) is 29.3 Å². The molecule has 15 heavy (non-hydrogen) atoms. The molecule has 2 unspecified atom stereocenters. The van der Waals surface area contributed by atoms with Crippen LogP contribution in [0, 0.1) is 0 Å². The van der Waals surface area contributed by atoms with E-state index in [1.54, 1.807) is 6.92 Å². The summed E-state index contributed by atoms with van der Waals surface area (Å²) in [6.45, 7) is 1.74. The van der Waals surface area contributed by atoms with Crippen LogP contribution in [0.15, 0.2) is 18.2 Å². The van der Waals surface area contributed by atoms with Crippen molar-refractivity contribution in [3.8, 4) is 0 Å². The Bertz CT molecular complexity index is 374. The fraction of sp³-hybridized carbons (Fsp3) is 0.417. The Morgan fingerprint density at radius 1 is 1.60 bits per heavy atom. The van der Waals surface area contributed by atoms with Crippen molar-refractivity contribution in [2.75, 3.05) is 5.32 Å². The maximum absolute atomic E-state index is 10.7. The van der Waals surface area contributed by atoms with Gasteiger partial charge in [-0.3, -0.25) is 0 Å². The van der Waals surface area contributed by atoms with Crippen LogP contribution < -0.4 is 5.32 Å². The SMILES string of the molecule is CC(O)c1ccc2c(c1)NC(C=O)CC2. The molecule has 0 aromatic heterocycles. The zero-order valence-corrected chi connectivity index (χ0v) is 8.73. The number of aliphatic hydroxyl groups excluding tert-OH is 1. The molecule has 1 aliphatic rings. The number of hydrogen-bond acceptors (Lipinski definition) is 3. The van der Waals surface area contributed by atoms with Gasteiger partial charge in [-0.05, 0) is 37.0 Å². The van der Waals surface area contributed by atoms with Crippen LogP contribution in [-0.2, 0) is 11.2 Å². The topological polar surface area (TPSA) is 49.3 Å². The van der Waals surface area contributed by atoms with Crippen molar-refractivity contribution >= 4 is 12.0 Å². The van der Waals surface area contributed by atoms with Crippen molar-refractivity contribution in [2.24, 2.45) is 0 Å². The number of aldehydes is 1. The highest BCUT2D eigenvalue weighted by atomic mass is 16.3. The van der Waals surface area contributed by atoms with Gasteiger partial charge in [-0.15, -0.1) is 0 Å². The number of anilines is 1. The van der Waals surface area contributed by atoms with Crippen molar-refractivity contribution in [1.29, 1.82) is 0 Å². The predicted octanol–water partition coefficient (Wildman–Crippen LogP) is 1.67. The van der Waals surface area contributed by atoms with Crippen LogP contribution in [0.3, 0.4) is 0 Å². The molecule has 0 fully saturated rings. The van der Waals surface area contributed by atoms with Crippen molar-refractivity contribution in [1.82, 2.24) is 0 Å². The van der Waals surface area contributed by atoms with E-state index in [0.29, 0.717) is 0 Å². The molecular weight excluding hydrogens is 190 g/mol. The van der Waals surface area contributed by atoms with Crippen molar-refractivity contribution in [3.63, 3.8) is 0 Å². The lowest BCUT2D eigenvalue weighted by atomic mass is 9.96. The standard InChI is InChI=1S/C12H15NO2/c1-8(15)10-3-2-9-4-5-11(7-14)13-12(9)6-10/h2-3,6-8,11,13,15H,4-5H2,1H3. The Kier molecular flexibility index (Phi) is 2.73. The van der Waals surface area contributed by atoms with Crippen LogP contribution in [0.2, 0.25) is 0 Å². The minimum atomic E-state index is -0.464. The first kappa shape index (κ1) is 10.2. The molecule has 0 aliphatic carbocycles. The van der Waals surface area contributed by atoms with Crippen LogP contribution in [0.4, 0.5) is 5.69 Å². The summed E-state index contributed by atoms with van der Waals surface area (Å²) in [5.74, 6) is 0. The fourth-order valence-electron chi connectivity index (χ4n) is 1.89. The van der Waals surface area contributed by atoms with Crippen LogP contribution in [-0.4, -0.2) is 17.4 Å². The van der Waals surface area contributed by atoms with Crippen LogP contribution in [0.5, 0.6) is 0 Å². The molecule has 2 N–H and O–H groups in total. The summed E-state index contributed by atoms with van der Waals surface area (Å²) in [6, 6.07) is 5.80. The quantitative estimate of drug-likeness (QED) is 0.722. The van der Waals surface area contributed by atoms with E-state index in [9.17, 15) is 9.90 Å². The van der Waals surface area contributed by atoms with Gasteiger partial charge in [-0.1, -0.05) is 12.1 Å². The predicted molar refractivity (Wildman–Crippen MR) is 58.9 cm³/mol. The highest BCUT2D eigenvalue weighted by Crippen LogP contribution is 2.27. The number of carbonyl (C=O) groups excluding carboxylic acids is 1. The lowest BCUT2D eigenvalue weighted by Crippen LogP contribution is -2.26. The lowest BCUT2D eigenvalue weighted by molar-refractivity contribution is -0.108. The lowest BCUT2D eigenvalue weighted by Gasteiger charge is -2.24. The maximum Gasteiger partial charge on any atom is 0.142 e. The third-order valence-corrected chi connectivity index (χ3v) is 2.85. The van der Waals surface area contributed by atoms with E-state index >= 15 is 0 Å². The first-order chi connectivity index (χ1) is 7.20. The van der Waals surface area contributed by atoms with Gasteiger partial charge in [0.05, 0.1) is 12.1 Å². The number of aryl methyl sites for hydroxylation is 1. The van der Waals surface area contributed by atoms with Gasteiger partial charge in [-0.2, -0.15) is 0 Å². The third kappa shape index (κ3) is 2.02. The number of benzene rings is 1. The Labute approximate surface area is 89.1 Å². The fourth-order valence-corrected chi connectivity index (χ4v) is 1.89. The molecule has 0 amide bonds. The smallest absolute Gasteiger partial charge is 0.142 e. The molecular formula is C12H15NO2. The number of hydrogen-bond donors (Lipinski definition) is 2. The van der Waals surface area contributed by atoms with Crippen LogP contribution >= 0.6 is 0 Å². The first-order valence-corrected chi connectivity index (χ1v) is 5.23. The van der Waals surface area contributed by atoms with Gasteiger partial charge in [0, 0.05) is 5.69 Å². The average Bonchev–Trinajstić information content (AvgIpc) is 2.27. The van der Waals surface area contributed by atoms with Gasteiger partial charge in [0.25, 0.3) is 0 Å². The summed E-state index contributed by atoms with van der Waals surface area (Å²) in [5, 5.41) is 12.6. The van der Waals surface area contributed by atoms with Gasteiger partial charge in [-0.25, -0.2) is 0 Å². The number of aliphatic hydroxyl groups is 1. The highest BCUT2D eigenvalue weighted by Gasteiger charge is 2.17. The van der Waals surface area contributed by atoms with Crippen LogP contribution in [0.1, 0.15) is 30.6 Å². The Morgan fingerprint density at radius 2 is 2.40 bits per heavy atom. The third-order valence-electron chi connectivity index (χ3n) is 2.85. The summed E-state index contributed by atoms with van der Waals surface area (Å²) in [7, 11) is 0. The van der Waals surface area contributed by atoms with E-state index in [1.165, 1.54) is 5.56 Å². The molecule has 3 nitrogen and oxygen atoms in total. The number of fused-ring (bicyclic) bond motifs is 1. The highest BCUT2D eigenvalue weighted by molar-refractivity contribution is 5.68. The van der Waals surface area contributed by atoms with Gasteiger partial charge >= 0.3 is 0 Å².